The molecule has 1 unspecified atom stereocenters. The molecule has 0 aliphatic heterocycles. The minimum Gasteiger partial charge on any atom is -0.347 e. The van der Waals surface area contributed by atoms with Gasteiger partial charge in [0, 0.05) is 13.5 Å². The smallest absolute Gasteiger partial charge is 0.217 e. The minimum atomic E-state index is -0.145. The summed E-state index contributed by atoms with van der Waals surface area (Å²) in [5.74, 6) is 0.826. The third-order valence-corrected chi connectivity index (χ3v) is 4.65. The second-order valence-corrected chi connectivity index (χ2v) is 7.91. The van der Waals surface area contributed by atoms with Gasteiger partial charge in [0.1, 0.15) is 5.82 Å². The monoisotopic (exact) mass is 349 g/mol. The van der Waals surface area contributed by atoms with Crippen molar-refractivity contribution in [1.29, 1.82) is 0 Å². The topological polar surface area (TPSA) is 46.9 Å². The largest absolute Gasteiger partial charge is 0.347 e. The molecule has 0 radical (unpaired) electrons. The van der Waals surface area contributed by atoms with Gasteiger partial charge in [0.2, 0.25) is 5.91 Å². The third kappa shape index (κ3) is 3.79. The molecule has 1 heterocycles. The molecule has 26 heavy (non-hydrogen) atoms. The van der Waals surface area contributed by atoms with Gasteiger partial charge in [0.15, 0.2) is 0 Å². The average molecular weight is 349 g/mol. The molecule has 4 heteroatoms. The Labute approximate surface area is 155 Å². The Morgan fingerprint density at radius 3 is 2.38 bits per heavy atom. The number of hydrogen-bond acceptors (Lipinski definition) is 2. The summed E-state index contributed by atoms with van der Waals surface area (Å²) in [4.78, 5) is 16.3. The van der Waals surface area contributed by atoms with Crippen molar-refractivity contribution >= 4 is 16.9 Å². The Morgan fingerprint density at radius 2 is 1.77 bits per heavy atom. The normalized spacial score (nSPS) is 13.0. The Morgan fingerprint density at radius 1 is 1.12 bits per heavy atom. The van der Waals surface area contributed by atoms with Crippen molar-refractivity contribution < 1.29 is 4.79 Å². The van der Waals surface area contributed by atoms with Crippen LogP contribution in [0.15, 0.2) is 48.5 Å². The van der Waals surface area contributed by atoms with Crippen molar-refractivity contribution in [2.45, 2.75) is 52.6 Å². The van der Waals surface area contributed by atoms with Crippen LogP contribution < -0.4 is 5.32 Å². The van der Waals surface area contributed by atoms with Gasteiger partial charge in [-0.1, -0.05) is 57.2 Å². The fourth-order valence-electron chi connectivity index (χ4n) is 3.25. The van der Waals surface area contributed by atoms with Crippen LogP contribution in [0, 0.1) is 0 Å². The molecule has 1 N–H and O–H groups in total. The summed E-state index contributed by atoms with van der Waals surface area (Å²) in [6, 6.07) is 16.7. The molecule has 0 aliphatic carbocycles. The van der Waals surface area contributed by atoms with Crippen molar-refractivity contribution in [1.82, 2.24) is 14.9 Å². The zero-order chi connectivity index (χ0) is 18.9. The van der Waals surface area contributed by atoms with Gasteiger partial charge < -0.3 is 9.88 Å². The van der Waals surface area contributed by atoms with Crippen LogP contribution in [0.25, 0.3) is 11.0 Å². The van der Waals surface area contributed by atoms with Crippen molar-refractivity contribution in [3.8, 4) is 0 Å². The number of carbonyl (C=O) groups is 1. The van der Waals surface area contributed by atoms with E-state index < -0.39 is 0 Å². The fraction of sp³-hybridized carbons (Fsp3) is 0.364. The zero-order valence-corrected chi connectivity index (χ0v) is 16.2. The van der Waals surface area contributed by atoms with E-state index >= 15 is 0 Å². The summed E-state index contributed by atoms with van der Waals surface area (Å²) < 4.78 is 2.20. The number of nitrogens with one attached hydrogen (secondary N) is 1. The molecule has 1 amide bonds. The molecule has 0 bridgehead atoms. The van der Waals surface area contributed by atoms with Gasteiger partial charge in [-0.05, 0) is 35.6 Å². The molecule has 3 aromatic rings. The number of hydrogen-bond donors (Lipinski definition) is 1. The molecule has 4 nitrogen and oxygen atoms in total. The van der Waals surface area contributed by atoms with E-state index in [0.29, 0.717) is 0 Å². The van der Waals surface area contributed by atoms with E-state index in [0.717, 1.165) is 23.4 Å². The first-order valence-corrected chi connectivity index (χ1v) is 9.07. The van der Waals surface area contributed by atoms with E-state index in [4.69, 9.17) is 4.98 Å². The Balaban J connectivity index is 1.99. The Kier molecular flexibility index (Phi) is 4.86. The van der Waals surface area contributed by atoms with Gasteiger partial charge in [0.25, 0.3) is 0 Å². The Bertz CT molecular complexity index is 917. The lowest BCUT2D eigenvalue weighted by molar-refractivity contribution is -0.119. The molecular formula is C22H27N3O. The standard InChI is InChI=1S/C22H27N3O/c1-15(23-16(2)26)21-24-19-8-6-7-9-20(19)25(21)14-17-10-12-18(13-11-17)22(3,4)5/h6-13,15H,14H2,1-5H3,(H,23,26). The van der Waals surface area contributed by atoms with Crippen LogP contribution in [0.1, 0.15) is 57.6 Å². The van der Waals surface area contributed by atoms with E-state index in [-0.39, 0.29) is 17.4 Å². The average Bonchev–Trinajstić information content (AvgIpc) is 2.93. The van der Waals surface area contributed by atoms with Crippen LogP contribution in [0.5, 0.6) is 0 Å². The Hall–Kier alpha value is -2.62. The first kappa shape index (κ1) is 18.2. The molecule has 2 aromatic carbocycles. The molecule has 0 spiro atoms. The maximum Gasteiger partial charge on any atom is 0.217 e. The van der Waals surface area contributed by atoms with Crippen LogP contribution in [0.3, 0.4) is 0 Å². The summed E-state index contributed by atoms with van der Waals surface area (Å²) in [6.07, 6.45) is 0. The van der Waals surface area contributed by atoms with Crippen molar-refractivity contribution in [3.63, 3.8) is 0 Å². The van der Waals surface area contributed by atoms with Crippen molar-refractivity contribution in [2.24, 2.45) is 0 Å². The number of para-hydroxylation sites is 2. The SMILES string of the molecule is CC(=O)NC(C)c1nc2ccccc2n1Cc1ccc(C(C)(C)C)cc1. The quantitative estimate of drug-likeness (QED) is 0.749. The predicted molar refractivity (Wildman–Crippen MR) is 106 cm³/mol. The lowest BCUT2D eigenvalue weighted by Crippen LogP contribution is -2.26. The number of aromatic nitrogens is 2. The van der Waals surface area contributed by atoms with Crippen LogP contribution >= 0.6 is 0 Å². The van der Waals surface area contributed by atoms with Crippen molar-refractivity contribution in [2.75, 3.05) is 0 Å². The summed E-state index contributed by atoms with van der Waals surface area (Å²) in [6.45, 7) is 10.9. The molecule has 0 fully saturated rings. The van der Waals surface area contributed by atoms with Gasteiger partial charge in [0.05, 0.1) is 17.1 Å². The zero-order valence-electron chi connectivity index (χ0n) is 16.2. The van der Waals surface area contributed by atoms with Crippen LogP contribution in [-0.4, -0.2) is 15.5 Å². The highest BCUT2D eigenvalue weighted by molar-refractivity contribution is 5.77. The first-order chi connectivity index (χ1) is 12.3. The van der Waals surface area contributed by atoms with Crippen LogP contribution in [0.4, 0.5) is 0 Å². The number of fused-ring (bicyclic) bond motifs is 1. The molecule has 0 saturated carbocycles. The number of carbonyl (C=O) groups excluding carboxylic acids is 1. The highest BCUT2D eigenvalue weighted by atomic mass is 16.1. The van der Waals surface area contributed by atoms with Crippen LogP contribution in [0.2, 0.25) is 0 Å². The summed E-state index contributed by atoms with van der Waals surface area (Å²) >= 11 is 0. The molecule has 0 aliphatic rings. The lowest BCUT2D eigenvalue weighted by Gasteiger charge is -2.20. The van der Waals surface area contributed by atoms with Gasteiger partial charge in [-0.3, -0.25) is 4.79 Å². The van der Waals surface area contributed by atoms with E-state index in [1.165, 1.54) is 18.1 Å². The van der Waals surface area contributed by atoms with E-state index in [1.54, 1.807) is 0 Å². The summed E-state index contributed by atoms with van der Waals surface area (Å²) in [7, 11) is 0. The number of amides is 1. The maximum atomic E-state index is 11.5. The van der Waals surface area contributed by atoms with E-state index in [2.05, 4.69) is 61.0 Å². The van der Waals surface area contributed by atoms with Gasteiger partial charge in [-0.15, -0.1) is 0 Å². The van der Waals surface area contributed by atoms with Crippen molar-refractivity contribution in [3.05, 3.63) is 65.5 Å². The maximum absolute atomic E-state index is 11.5. The molecule has 3 rings (SSSR count). The number of nitrogens with zero attached hydrogens (tertiary/aromatic N) is 2. The lowest BCUT2D eigenvalue weighted by atomic mass is 9.87. The number of benzene rings is 2. The highest BCUT2D eigenvalue weighted by Gasteiger charge is 2.18. The summed E-state index contributed by atoms with van der Waals surface area (Å²) in [5.41, 5.74) is 4.72. The second kappa shape index (κ2) is 6.94. The minimum absolute atomic E-state index is 0.0503. The molecule has 1 atom stereocenters. The molecule has 0 saturated heterocycles. The number of rotatable bonds is 4. The predicted octanol–water partition coefficient (Wildman–Crippen LogP) is 4.58. The molecule has 136 valence electrons. The second-order valence-electron chi connectivity index (χ2n) is 7.91. The van der Waals surface area contributed by atoms with Gasteiger partial charge in [-0.2, -0.15) is 0 Å². The first-order valence-electron chi connectivity index (χ1n) is 9.07. The van der Waals surface area contributed by atoms with Crippen LogP contribution in [-0.2, 0) is 16.8 Å². The van der Waals surface area contributed by atoms with E-state index in [9.17, 15) is 4.79 Å². The summed E-state index contributed by atoms with van der Waals surface area (Å²) in [5, 5.41) is 2.95. The van der Waals surface area contributed by atoms with Gasteiger partial charge >= 0.3 is 0 Å². The third-order valence-electron chi connectivity index (χ3n) is 4.65. The molecular weight excluding hydrogens is 322 g/mol. The van der Waals surface area contributed by atoms with E-state index in [1.807, 2.05) is 25.1 Å². The molecule has 1 aromatic heterocycles. The van der Waals surface area contributed by atoms with Gasteiger partial charge in [-0.25, -0.2) is 4.98 Å². The highest BCUT2D eigenvalue weighted by Crippen LogP contribution is 2.25. The fourth-order valence-corrected chi connectivity index (χ4v) is 3.25. The number of imidazole rings is 1.